The Morgan fingerprint density at radius 2 is 2.20 bits per heavy atom. The van der Waals surface area contributed by atoms with Crippen molar-refractivity contribution in [3.05, 3.63) is 29.3 Å². The molecule has 0 saturated carbocycles. The van der Waals surface area contributed by atoms with Gasteiger partial charge in [-0.25, -0.2) is 0 Å². The van der Waals surface area contributed by atoms with Crippen LogP contribution in [0.5, 0.6) is 5.75 Å². The molecule has 0 aromatic heterocycles. The van der Waals surface area contributed by atoms with E-state index < -0.39 is 0 Å². The van der Waals surface area contributed by atoms with Crippen LogP contribution < -0.4 is 4.74 Å². The second kappa shape index (κ2) is 3.83. The summed E-state index contributed by atoms with van der Waals surface area (Å²) in [6.07, 6.45) is 0. The molecule has 0 fully saturated rings. The number of hydrogen-bond acceptors (Lipinski definition) is 3. The first kappa shape index (κ1) is 10.5. The fourth-order valence-corrected chi connectivity index (χ4v) is 1.82. The van der Waals surface area contributed by atoms with E-state index in [0.717, 1.165) is 16.9 Å². The van der Waals surface area contributed by atoms with Crippen molar-refractivity contribution in [1.29, 1.82) is 0 Å². The van der Waals surface area contributed by atoms with Crippen molar-refractivity contribution in [2.45, 2.75) is 25.9 Å². The van der Waals surface area contributed by atoms with Crippen molar-refractivity contribution in [3.8, 4) is 5.75 Å². The highest BCUT2D eigenvalue weighted by Crippen LogP contribution is 2.34. The quantitative estimate of drug-likeness (QED) is 0.805. The van der Waals surface area contributed by atoms with Crippen LogP contribution in [0, 0.1) is 0 Å². The highest BCUT2D eigenvalue weighted by atomic mass is 16.7. The monoisotopic (exact) mass is 208 g/mol. The Balaban J connectivity index is 2.48. The molecule has 15 heavy (non-hydrogen) atoms. The molecule has 82 valence electrons. The zero-order valence-electron chi connectivity index (χ0n) is 9.12. The van der Waals surface area contributed by atoms with E-state index in [0.29, 0.717) is 13.4 Å². The van der Waals surface area contributed by atoms with Gasteiger partial charge in [0.2, 0.25) is 0 Å². The average molecular weight is 208 g/mol. The van der Waals surface area contributed by atoms with E-state index in [1.165, 1.54) is 0 Å². The highest BCUT2D eigenvalue weighted by molar-refractivity contribution is 5.44. The molecule has 0 aliphatic carbocycles. The minimum Gasteiger partial charge on any atom is -0.467 e. The van der Waals surface area contributed by atoms with E-state index in [1.54, 1.807) is 0 Å². The molecule has 0 amide bonds. The second-order valence-electron chi connectivity index (χ2n) is 4.43. The molecule has 1 aromatic rings. The Morgan fingerprint density at radius 3 is 2.93 bits per heavy atom. The molecule has 1 aliphatic rings. The molecule has 1 N–H and O–H groups in total. The van der Waals surface area contributed by atoms with Gasteiger partial charge in [-0.3, -0.25) is 0 Å². The number of benzene rings is 1. The molecule has 0 unspecified atom stereocenters. The first-order valence-electron chi connectivity index (χ1n) is 5.09. The maximum Gasteiger partial charge on any atom is 0.189 e. The van der Waals surface area contributed by atoms with Crippen molar-refractivity contribution in [2.24, 2.45) is 0 Å². The molecular weight excluding hydrogens is 192 g/mol. The predicted molar refractivity (Wildman–Crippen MR) is 56.8 cm³/mol. The van der Waals surface area contributed by atoms with Crippen LogP contribution in [0.15, 0.2) is 18.2 Å². The molecule has 0 spiro atoms. The Morgan fingerprint density at radius 1 is 1.40 bits per heavy atom. The van der Waals surface area contributed by atoms with Crippen molar-refractivity contribution in [1.82, 2.24) is 0 Å². The summed E-state index contributed by atoms with van der Waals surface area (Å²) in [5.74, 6) is 0.875. The molecule has 0 radical (unpaired) electrons. The minimum absolute atomic E-state index is 0.115. The van der Waals surface area contributed by atoms with Crippen molar-refractivity contribution >= 4 is 0 Å². The smallest absolute Gasteiger partial charge is 0.189 e. The van der Waals surface area contributed by atoms with Gasteiger partial charge in [-0.05, 0) is 11.6 Å². The van der Waals surface area contributed by atoms with Gasteiger partial charge in [0, 0.05) is 11.0 Å². The lowest BCUT2D eigenvalue weighted by Crippen LogP contribution is -2.26. The summed E-state index contributed by atoms with van der Waals surface area (Å²) in [5.41, 5.74) is 1.90. The van der Waals surface area contributed by atoms with Gasteiger partial charge in [0.05, 0.1) is 13.2 Å². The summed E-state index contributed by atoms with van der Waals surface area (Å²) in [6, 6.07) is 5.92. The maximum atomic E-state index is 9.37. The predicted octanol–water partition coefficient (Wildman–Crippen LogP) is 1.82. The van der Waals surface area contributed by atoms with Crippen LogP contribution in [-0.4, -0.2) is 18.5 Å². The van der Waals surface area contributed by atoms with Crippen LogP contribution in [0.1, 0.15) is 25.0 Å². The third-order valence-electron chi connectivity index (χ3n) is 2.80. The number of aliphatic hydroxyl groups excluding tert-OH is 1. The highest BCUT2D eigenvalue weighted by Gasteiger charge is 2.26. The van der Waals surface area contributed by atoms with Crippen LogP contribution >= 0.6 is 0 Å². The summed E-state index contributed by atoms with van der Waals surface area (Å²) >= 11 is 0. The fourth-order valence-electron chi connectivity index (χ4n) is 1.82. The molecule has 0 bridgehead atoms. The Kier molecular flexibility index (Phi) is 2.67. The largest absolute Gasteiger partial charge is 0.467 e. The van der Waals surface area contributed by atoms with Gasteiger partial charge in [-0.15, -0.1) is 0 Å². The molecular formula is C12H16O3. The topological polar surface area (TPSA) is 38.7 Å². The van der Waals surface area contributed by atoms with Crippen molar-refractivity contribution in [2.75, 3.05) is 13.4 Å². The zero-order valence-corrected chi connectivity index (χ0v) is 9.12. The Hall–Kier alpha value is -1.06. The van der Waals surface area contributed by atoms with Crippen LogP contribution in [0.2, 0.25) is 0 Å². The van der Waals surface area contributed by atoms with E-state index in [-0.39, 0.29) is 12.0 Å². The Bertz CT molecular complexity index is 358. The van der Waals surface area contributed by atoms with E-state index in [1.807, 2.05) is 32.0 Å². The lowest BCUT2D eigenvalue weighted by Gasteiger charge is -2.28. The fraction of sp³-hybridized carbons (Fsp3) is 0.500. The summed E-state index contributed by atoms with van der Waals surface area (Å²) in [6.45, 7) is 5.02. The van der Waals surface area contributed by atoms with E-state index in [2.05, 4.69) is 0 Å². The van der Waals surface area contributed by atoms with Crippen LogP contribution in [0.3, 0.4) is 0 Å². The molecule has 3 nitrogen and oxygen atoms in total. The van der Waals surface area contributed by atoms with Gasteiger partial charge >= 0.3 is 0 Å². The summed E-state index contributed by atoms with van der Waals surface area (Å²) in [5, 5.41) is 9.37. The summed E-state index contributed by atoms with van der Waals surface area (Å²) < 4.78 is 10.7. The van der Waals surface area contributed by atoms with Crippen molar-refractivity contribution in [3.63, 3.8) is 0 Å². The molecule has 0 atom stereocenters. The van der Waals surface area contributed by atoms with Gasteiger partial charge in [-0.2, -0.15) is 0 Å². The van der Waals surface area contributed by atoms with Crippen LogP contribution in [0.4, 0.5) is 0 Å². The first-order valence-corrected chi connectivity index (χ1v) is 5.09. The molecule has 3 heteroatoms. The van der Waals surface area contributed by atoms with Crippen molar-refractivity contribution < 1.29 is 14.6 Å². The normalized spacial score (nSPS) is 15.7. The molecule has 1 heterocycles. The van der Waals surface area contributed by atoms with E-state index in [9.17, 15) is 5.11 Å². The number of hydrogen-bond donors (Lipinski definition) is 1. The van der Waals surface area contributed by atoms with Gasteiger partial charge < -0.3 is 14.6 Å². The molecule has 1 aliphatic heterocycles. The third-order valence-corrected chi connectivity index (χ3v) is 2.80. The number of rotatable bonds is 2. The number of ether oxygens (including phenoxy) is 2. The summed E-state index contributed by atoms with van der Waals surface area (Å²) in [4.78, 5) is 0. The molecule has 0 saturated heterocycles. The lowest BCUT2D eigenvalue weighted by atomic mass is 9.82. The summed E-state index contributed by atoms with van der Waals surface area (Å²) in [7, 11) is 0. The third kappa shape index (κ3) is 1.85. The van der Waals surface area contributed by atoms with Gasteiger partial charge in [0.25, 0.3) is 0 Å². The van der Waals surface area contributed by atoms with E-state index in [4.69, 9.17) is 9.47 Å². The SMILES string of the molecule is CC(C)(CO)c1cccc2c1COCO2. The molecule has 2 rings (SSSR count). The van der Waals surface area contributed by atoms with E-state index >= 15 is 0 Å². The zero-order chi connectivity index (χ0) is 10.9. The number of aliphatic hydroxyl groups is 1. The van der Waals surface area contributed by atoms with Crippen LogP contribution in [0.25, 0.3) is 0 Å². The first-order chi connectivity index (χ1) is 7.15. The average Bonchev–Trinajstić information content (AvgIpc) is 2.28. The Labute approximate surface area is 89.6 Å². The van der Waals surface area contributed by atoms with Gasteiger partial charge in [0.15, 0.2) is 6.79 Å². The second-order valence-corrected chi connectivity index (χ2v) is 4.43. The van der Waals surface area contributed by atoms with Gasteiger partial charge in [-0.1, -0.05) is 26.0 Å². The standard InChI is InChI=1S/C12H16O3/c1-12(2,7-13)10-4-3-5-11-9(10)6-14-8-15-11/h3-5,13H,6-8H2,1-2H3. The molecule has 1 aromatic carbocycles. The maximum absolute atomic E-state index is 9.37. The number of fused-ring (bicyclic) bond motifs is 1. The minimum atomic E-state index is -0.255. The van der Waals surface area contributed by atoms with Gasteiger partial charge in [0.1, 0.15) is 5.75 Å². The van der Waals surface area contributed by atoms with Crippen LogP contribution in [-0.2, 0) is 16.8 Å². The lowest BCUT2D eigenvalue weighted by molar-refractivity contribution is -0.0175.